The third-order valence-electron chi connectivity index (χ3n) is 2.70. The zero-order valence-corrected chi connectivity index (χ0v) is 10.2. The van der Waals surface area contributed by atoms with Gasteiger partial charge in [0.15, 0.2) is 0 Å². The molecule has 16 heavy (non-hydrogen) atoms. The van der Waals surface area contributed by atoms with Crippen LogP contribution in [0.2, 0.25) is 0 Å². The van der Waals surface area contributed by atoms with E-state index in [1.54, 1.807) is 27.7 Å². The fourth-order valence-corrected chi connectivity index (χ4v) is 1.85. The number of carboxylic acids is 1. The molecule has 1 aliphatic heterocycles. The highest BCUT2D eigenvalue weighted by atomic mass is 16.6. The number of amides is 1. The number of ether oxygens (including phenoxy) is 1. The minimum absolute atomic E-state index is 0.299. The minimum Gasteiger partial charge on any atom is -0.481 e. The molecule has 0 aromatic heterocycles. The van der Waals surface area contributed by atoms with Gasteiger partial charge < -0.3 is 14.7 Å². The monoisotopic (exact) mass is 229 g/mol. The molecule has 5 heteroatoms. The number of carbonyl (C=O) groups is 2. The molecule has 0 saturated carbocycles. The highest BCUT2D eigenvalue weighted by molar-refractivity contribution is 5.75. The average Bonchev–Trinajstić information content (AvgIpc) is 2.43. The van der Waals surface area contributed by atoms with Crippen molar-refractivity contribution in [1.82, 2.24) is 4.90 Å². The van der Waals surface area contributed by atoms with Gasteiger partial charge in [-0.2, -0.15) is 0 Å². The second-order valence-corrected chi connectivity index (χ2v) is 5.15. The van der Waals surface area contributed by atoms with Gasteiger partial charge in [0.2, 0.25) is 0 Å². The molecule has 1 heterocycles. The molecule has 92 valence electrons. The smallest absolute Gasteiger partial charge is 0.410 e. The van der Waals surface area contributed by atoms with Crippen LogP contribution < -0.4 is 0 Å². The Balaban J connectivity index is 2.63. The zero-order valence-electron chi connectivity index (χ0n) is 10.2. The van der Waals surface area contributed by atoms with Crippen molar-refractivity contribution in [1.29, 1.82) is 0 Å². The van der Waals surface area contributed by atoms with Crippen LogP contribution in [0, 0.1) is 5.92 Å². The summed E-state index contributed by atoms with van der Waals surface area (Å²) in [6.07, 6.45) is 0.0687. The maximum absolute atomic E-state index is 11.8. The number of hydrogen-bond acceptors (Lipinski definition) is 3. The Hall–Kier alpha value is -1.26. The fraction of sp³-hybridized carbons (Fsp3) is 0.818. The fourth-order valence-electron chi connectivity index (χ4n) is 1.85. The predicted octanol–water partition coefficient (Wildman–Crippen LogP) is 1.72. The van der Waals surface area contributed by atoms with Crippen molar-refractivity contribution in [2.24, 2.45) is 5.92 Å². The number of likely N-dealkylation sites (tertiary alicyclic amines) is 1. The van der Waals surface area contributed by atoms with E-state index in [9.17, 15) is 9.59 Å². The van der Waals surface area contributed by atoms with Crippen molar-refractivity contribution in [3.05, 3.63) is 0 Å². The Bertz CT molecular complexity index is 295. The third kappa shape index (κ3) is 2.87. The Morgan fingerprint density at radius 2 is 1.94 bits per heavy atom. The maximum atomic E-state index is 11.8. The molecule has 0 spiro atoms. The van der Waals surface area contributed by atoms with E-state index in [4.69, 9.17) is 9.84 Å². The number of nitrogens with zero attached hydrogens (tertiary/aromatic N) is 1. The molecule has 0 bridgehead atoms. The van der Waals surface area contributed by atoms with Gasteiger partial charge in [-0.15, -0.1) is 0 Å². The van der Waals surface area contributed by atoms with Crippen LogP contribution in [-0.2, 0) is 9.53 Å². The zero-order chi connectivity index (χ0) is 12.5. The van der Waals surface area contributed by atoms with E-state index in [1.807, 2.05) is 0 Å². The number of carboxylic acid groups (broad SMARTS) is 1. The molecule has 1 aliphatic rings. The summed E-state index contributed by atoms with van der Waals surface area (Å²) in [5.41, 5.74) is -0.544. The van der Waals surface area contributed by atoms with Crippen LogP contribution in [0.25, 0.3) is 0 Å². The van der Waals surface area contributed by atoms with E-state index in [2.05, 4.69) is 0 Å². The van der Waals surface area contributed by atoms with Crippen molar-refractivity contribution < 1.29 is 19.4 Å². The Morgan fingerprint density at radius 3 is 2.31 bits per heavy atom. The molecule has 0 aromatic rings. The topological polar surface area (TPSA) is 66.8 Å². The van der Waals surface area contributed by atoms with Crippen LogP contribution in [0.15, 0.2) is 0 Å². The molecule has 0 radical (unpaired) electrons. The van der Waals surface area contributed by atoms with E-state index >= 15 is 0 Å². The van der Waals surface area contributed by atoms with Crippen molar-refractivity contribution >= 4 is 12.1 Å². The Kier molecular flexibility index (Phi) is 3.45. The van der Waals surface area contributed by atoms with Crippen LogP contribution in [0.3, 0.4) is 0 Å². The van der Waals surface area contributed by atoms with Crippen LogP contribution in [0.4, 0.5) is 4.79 Å². The summed E-state index contributed by atoms with van der Waals surface area (Å²) in [6.45, 7) is 7.57. The Labute approximate surface area is 95.4 Å². The van der Waals surface area contributed by atoms with Crippen molar-refractivity contribution in [2.45, 2.75) is 45.8 Å². The molecule has 1 saturated heterocycles. The summed E-state index contributed by atoms with van der Waals surface area (Å²) in [5, 5.41) is 8.94. The first-order valence-corrected chi connectivity index (χ1v) is 5.45. The van der Waals surface area contributed by atoms with Gasteiger partial charge in [-0.3, -0.25) is 4.79 Å². The first-order chi connectivity index (χ1) is 7.22. The standard InChI is InChI=1S/C11H19NO4/c1-7-8(9(13)14)5-6-12(7)10(15)16-11(2,3)4/h7-8H,5-6H2,1-4H3,(H,13,14)/t7-,8+/m0/s1. The predicted molar refractivity (Wildman–Crippen MR) is 58.1 cm³/mol. The number of hydrogen-bond donors (Lipinski definition) is 1. The third-order valence-corrected chi connectivity index (χ3v) is 2.70. The number of carbonyl (C=O) groups excluding carboxylic acids is 1. The van der Waals surface area contributed by atoms with Gasteiger partial charge in [0.1, 0.15) is 5.60 Å². The molecule has 0 aromatic carbocycles. The van der Waals surface area contributed by atoms with Crippen molar-refractivity contribution in [3.8, 4) is 0 Å². The average molecular weight is 229 g/mol. The molecular formula is C11H19NO4. The highest BCUT2D eigenvalue weighted by Crippen LogP contribution is 2.26. The quantitative estimate of drug-likeness (QED) is 0.743. The molecule has 1 rings (SSSR count). The first-order valence-electron chi connectivity index (χ1n) is 5.45. The molecular weight excluding hydrogens is 210 g/mol. The lowest BCUT2D eigenvalue weighted by Gasteiger charge is -2.27. The lowest BCUT2D eigenvalue weighted by Crippen LogP contribution is -2.41. The normalized spacial score (nSPS) is 25.6. The van der Waals surface area contributed by atoms with Gasteiger partial charge in [0, 0.05) is 12.6 Å². The van der Waals surface area contributed by atoms with E-state index in [1.165, 1.54) is 4.90 Å². The van der Waals surface area contributed by atoms with Crippen LogP contribution in [0.1, 0.15) is 34.1 Å². The highest BCUT2D eigenvalue weighted by Gasteiger charge is 2.39. The molecule has 1 amide bonds. The van der Waals surface area contributed by atoms with Gasteiger partial charge in [0.25, 0.3) is 0 Å². The summed E-state index contributed by atoms with van der Waals surface area (Å²) >= 11 is 0. The second kappa shape index (κ2) is 4.31. The van der Waals surface area contributed by atoms with Crippen LogP contribution >= 0.6 is 0 Å². The molecule has 0 aliphatic carbocycles. The minimum atomic E-state index is -0.849. The largest absolute Gasteiger partial charge is 0.481 e. The van der Waals surface area contributed by atoms with Crippen LogP contribution in [0.5, 0.6) is 0 Å². The lowest BCUT2D eigenvalue weighted by molar-refractivity contribution is -0.142. The van der Waals surface area contributed by atoms with E-state index in [0.29, 0.717) is 13.0 Å². The molecule has 5 nitrogen and oxygen atoms in total. The van der Waals surface area contributed by atoms with Gasteiger partial charge in [-0.05, 0) is 34.1 Å². The number of rotatable bonds is 1. The van der Waals surface area contributed by atoms with Crippen molar-refractivity contribution in [2.75, 3.05) is 6.54 Å². The van der Waals surface area contributed by atoms with Crippen LogP contribution in [-0.4, -0.2) is 40.3 Å². The molecule has 1 N–H and O–H groups in total. The summed E-state index contributed by atoms with van der Waals surface area (Å²) in [5.74, 6) is -1.33. The Morgan fingerprint density at radius 1 is 1.38 bits per heavy atom. The molecule has 2 atom stereocenters. The second-order valence-electron chi connectivity index (χ2n) is 5.15. The lowest BCUT2D eigenvalue weighted by atomic mass is 10.0. The maximum Gasteiger partial charge on any atom is 0.410 e. The van der Waals surface area contributed by atoms with Crippen molar-refractivity contribution in [3.63, 3.8) is 0 Å². The molecule has 0 unspecified atom stereocenters. The van der Waals surface area contributed by atoms with Gasteiger partial charge in [-0.1, -0.05) is 0 Å². The van der Waals surface area contributed by atoms with Gasteiger partial charge >= 0.3 is 12.1 Å². The van der Waals surface area contributed by atoms with E-state index < -0.39 is 23.6 Å². The van der Waals surface area contributed by atoms with Gasteiger partial charge in [0.05, 0.1) is 5.92 Å². The van der Waals surface area contributed by atoms with E-state index in [0.717, 1.165) is 0 Å². The first kappa shape index (κ1) is 12.8. The van der Waals surface area contributed by atoms with E-state index in [-0.39, 0.29) is 6.04 Å². The SMILES string of the molecule is C[C@H]1[C@H](C(=O)O)CCN1C(=O)OC(C)(C)C. The summed E-state index contributed by atoms with van der Waals surface area (Å²) in [4.78, 5) is 24.1. The summed E-state index contributed by atoms with van der Waals surface area (Å²) < 4.78 is 5.21. The molecule has 1 fully saturated rings. The van der Waals surface area contributed by atoms with Gasteiger partial charge in [-0.25, -0.2) is 4.79 Å². The summed E-state index contributed by atoms with van der Waals surface area (Å²) in [7, 11) is 0. The number of aliphatic carboxylic acids is 1. The summed E-state index contributed by atoms with van der Waals surface area (Å²) in [6, 6.07) is -0.299.